The van der Waals surface area contributed by atoms with Gasteiger partial charge in [-0.25, -0.2) is 4.39 Å². The Hall–Kier alpha value is -1.48. The average molecular weight is 432 g/mol. The summed E-state index contributed by atoms with van der Waals surface area (Å²) in [6.07, 6.45) is 0.607. The van der Waals surface area contributed by atoms with Gasteiger partial charge in [-0.2, -0.15) is 0 Å². The Kier molecular flexibility index (Phi) is 6.32. The second-order valence-corrected chi connectivity index (χ2v) is 6.58. The molecule has 116 valence electrons. The molecule has 7 heteroatoms. The Morgan fingerprint density at radius 3 is 2.50 bits per heavy atom. The summed E-state index contributed by atoms with van der Waals surface area (Å²) < 4.78 is 13.8. The molecule has 0 aliphatic carbocycles. The summed E-state index contributed by atoms with van der Waals surface area (Å²) >= 11 is 3.25. The minimum atomic E-state index is -0.406. The molecule has 0 aliphatic heterocycles. The number of rotatable bonds is 6. The standard InChI is InChI=1S/C15H14FIN2O2S/c16-11-9-10(4-5-12(11)17)14(20)18-6-2-7-19-15(21)13-3-1-8-22-13/h1,3-5,8-9H,2,6-7H2,(H,18,20)(H,19,21). The summed E-state index contributed by atoms with van der Waals surface area (Å²) in [5.41, 5.74) is 0.292. The molecule has 0 saturated heterocycles. The number of hydrogen-bond acceptors (Lipinski definition) is 3. The van der Waals surface area contributed by atoms with Crippen LogP contribution in [0.1, 0.15) is 26.5 Å². The topological polar surface area (TPSA) is 58.2 Å². The first kappa shape index (κ1) is 16.9. The molecule has 1 heterocycles. The quantitative estimate of drug-likeness (QED) is 0.545. The summed E-state index contributed by atoms with van der Waals surface area (Å²) in [6, 6.07) is 7.94. The SMILES string of the molecule is O=C(NCCCNC(=O)c1cccs1)c1ccc(I)c(F)c1. The molecule has 1 aromatic carbocycles. The van der Waals surface area contributed by atoms with Crippen molar-refractivity contribution in [3.05, 3.63) is 55.5 Å². The van der Waals surface area contributed by atoms with Crippen LogP contribution in [-0.2, 0) is 0 Å². The maximum atomic E-state index is 13.4. The molecule has 0 unspecified atom stereocenters. The van der Waals surface area contributed by atoms with Gasteiger partial charge in [0, 0.05) is 22.2 Å². The predicted molar refractivity (Wildman–Crippen MR) is 92.7 cm³/mol. The number of carbonyl (C=O) groups excluding carboxylic acids is 2. The summed E-state index contributed by atoms with van der Waals surface area (Å²) in [5, 5.41) is 7.31. The highest BCUT2D eigenvalue weighted by Gasteiger charge is 2.08. The van der Waals surface area contributed by atoms with Crippen LogP contribution in [0.2, 0.25) is 0 Å². The second kappa shape index (κ2) is 8.23. The zero-order valence-corrected chi connectivity index (χ0v) is 14.5. The van der Waals surface area contributed by atoms with E-state index >= 15 is 0 Å². The lowest BCUT2D eigenvalue weighted by Gasteiger charge is -2.07. The molecule has 0 aliphatic rings. The van der Waals surface area contributed by atoms with E-state index in [2.05, 4.69) is 10.6 Å². The van der Waals surface area contributed by atoms with Crippen LogP contribution in [-0.4, -0.2) is 24.9 Å². The molecule has 2 N–H and O–H groups in total. The lowest BCUT2D eigenvalue weighted by atomic mass is 10.2. The molecule has 0 spiro atoms. The molecular formula is C15H14FIN2O2S. The van der Waals surface area contributed by atoms with Crippen molar-refractivity contribution in [2.75, 3.05) is 13.1 Å². The van der Waals surface area contributed by atoms with Gasteiger partial charge in [-0.05, 0) is 58.7 Å². The van der Waals surface area contributed by atoms with Gasteiger partial charge in [-0.1, -0.05) is 6.07 Å². The molecule has 2 rings (SSSR count). The van der Waals surface area contributed by atoms with Crippen LogP contribution in [0, 0.1) is 9.39 Å². The van der Waals surface area contributed by atoms with Crippen molar-refractivity contribution in [2.24, 2.45) is 0 Å². The van der Waals surface area contributed by atoms with Gasteiger partial charge in [0.2, 0.25) is 0 Å². The van der Waals surface area contributed by atoms with E-state index in [1.807, 2.05) is 34.0 Å². The molecule has 1 aromatic heterocycles. The highest BCUT2D eigenvalue weighted by molar-refractivity contribution is 14.1. The van der Waals surface area contributed by atoms with Crippen molar-refractivity contribution in [2.45, 2.75) is 6.42 Å². The molecule has 2 aromatic rings. The van der Waals surface area contributed by atoms with Gasteiger partial charge in [0.1, 0.15) is 5.82 Å². The molecule has 0 saturated carbocycles. The molecule has 4 nitrogen and oxygen atoms in total. The fourth-order valence-electron chi connectivity index (χ4n) is 1.73. The van der Waals surface area contributed by atoms with E-state index in [1.165, 1.54) is 17.4 Å². The zero-order chi connectivity index (χ0) is 15.9. The smallest absolute Gasteiger partial charge is 0.261 e. The van der Waals surface area contributed by atoms with Crippen LogP contribution < -0.4 is 10.6 Å². The first-order valence-electron chi connectivity index (χ1n) is 6.63. The van der Waals surface area contributed by atoms with Crippen LogP contribution in [0.5, 0.6) is 0 Å². The van der Waals surface area contributed by atoms with Gasteiger partial charge >= 0.3 is 0 Å². The molecule has 22 heavy (non-hydrogen) atoms. The zero-order valence-electron chi connectivity index (χ0n) is 11.6. The monoisotopic (exact) mass is 432 g/mol. The molecule has 2 amide bonds. The number of carbonyl (C=O) groups is 2. The van der Waals surface area contributed by atoms with E-state index in [1.54, 1.807) is 18.2 Å². The van der Waals surface area contributed by atoms with Crippen molar-refractivity contribution in [3.8, 4) is 0 Å². The van der Waals surface area contributed by atoms with Crippen molar-refractivity contribution in [3.63, 3.8) is 0 Å². The number of hydrogen-bond donors (Lipinski definition) is 2. The van der Waals surface area contributed by atoms with E-state index in [-0.39, 0.29) is 11.8 Å². The number of nitrogens with one attached hydrogen (secondary N) is 2. The first-order valence-corrected chi connectivity index (χ1v) is 8.58. The Morgan fingerprint density at radius 1 is 1.14 bits per heavy atom. The fraction of sp³-hybridized carbons (Fsp3) is 0.200. The number of benzene rings is 1. The van der Waals surface area contributed by atoms with Crippen molar-refractivity contribution < 1.29 is 14.0 Å². The van der Waals surface area contributed by atoms with Gasteiger partial charge in [0.25, 0.3) is 11.8 Å². The van der Waals surface area contributed by atoms with E-state index in [4.69, 9.17) is 0 Å². The third kappa shape index (κ3) is 4.77. The Bertz CT molecular complexity index is 662. The first-order chi connectivity index (χ1) is 10.6. The lowest BCUT2D eigenvalue weighted by Crippen LogP contribution is -2.29. The number of amides is 2. The van der Waals surface area contributed by atoms with E-state index in [0.717, 1.165) is 0 Å². The van der Waals surface area contributed by atoms with Crippen LogP contribution in [0.4, 0.5) is 4.39 Å². The maximum Gasteiger partial charge on any atom is 0.261 e. The Balaban J connectivity index is 1.69. The van der Waals surface area contributed by atoms with Gasteiger partial charge in [-0.3, -0.25) is 9.59 Å². The van der Waals surface area contributed by atoms with Gasteiger partial charge in [0.15, 0.2) is 0 Å². The highest BCUT2D eigenvalue weighted by atomic mass is 127. The summed E-state index contributed by atoms with van der Waals surface area (Å²) in [7, 11) is 0. The molecule has 0 fully saturated rings. The van der Waals surface area contributed by atoms with E-state index in [0.29, 0.717) is 33.5 Å². The highest BCUT2D eigenvalue weighted by Crippen LogP contribution is 2.12. The van der Waals surface area contributed by atoms with Crippen LogP contribution >= 0.6 is 33.9 Å². The van der Waals surface area contributed by atoms with Crippen molar-refractivity contribution in [1.82, 2.24) is 10.6 Å². The Labute approximate surface area is 145 Å². The molecule has 0 radical (unpaired) electrons. The van der Waals surface area contributed by atoms with Gasteiger partial charge < -0.3 is 10.6 Å². The molecule has 0 atom stereocenters. The van der Waals surface area contributed by atoms with Crippen molar-refractivity contribution >= 4 is 45.7 Å². The summed E-state index contributed by atoms with van der Waals surface area (Å²) in [6.45, 7) is 0.884. The normalized spacial score (nSPS) is 10.3. The van der Waals surface area contributed by atoms with E-state index < -0.39 is 5.82 Å². The van der Waals surface area contributed by atoms with Crippen LogP contribution in [0.15, 0.2) is 35.7 Å². The number of thiophene rings is 1. The predicted octanol–water partition coefficient (Wildman–Crippen LogP) is 3.04. The number of halogens is 2. The third-order valence-corrected chi connectivity index (χ3v) is 4.59. The minimum Gasteiger partial charge on any atom is -0.352 e. The second-order valence-electron chi connectivity index (χ2n) is 4.47. The largest absolute Gasteiger partial charge is 0.352 e. The molecular weight excluding hydrogens is 418 g/mol. The fourth-order valence-corrected chi connectivity index (χ4v) is 2.70. The summed E-state index contributed by atoms with van der Waals surface area (Å²) in [5.74, 6) is -0.836. The lowest BCUT2D eigenvalue weighted by molar-refractivity contribution is 0.0952. The Morgan fingerprint density at radius 2 is 1.86 bits per heavy atom. The average Bonchev–Trinajstić information content (AvgIpc) is 3.03. The van der Waals surface area contributed by atoms with Crippen molar-refractivity contribution in [1.29, 1.82) is 0 Å². The van der Waals surface area contributed by atoms with Gasteiger partial charge in [0.05, 0.1) is 4.88 Å². The summed E-state index contributed by atoms with van der Waals surface area (Å²) in [4.78, 5) is 24.2. The van der Waals surface area contributed by atoms with Crippen LogP contribution in [0.3, 0.4) is 0 Å². The van der Waals surface area contributed by atoms with Crippen LogP contribution in [0.25, 0.3) is 0 Å². The third-order valence-electron chi connectivity index (χ3n) is 2.85. The molecule has 0 bridgehead atoms. The minimum absolute atomic E-state index is 0.110. The maximum absolute atomic E-state index is 13.4. The van der Waals surface area contributed by atoms with E-state index in [9.17, 15) is 14.0 Å². The van der Waals surface area contributed by atoms with Gasteiger partial charge in [-0.15, -0.1) is 11.3 Å².